The first-order valence-corrected chi connectivity index (χ1v) is 12.3. The molecule has 6 rings (SSSR count). The smallest absolute Gasteiger partial charge is 0.159 e. The number of anilines is 2. The summed E-state index contributed by atoms with van der Waals surface area (Å²) in [6.45, 7) is 8.08. The Kier molecular flexibility index (Phi) is 5.50. The van der Waals surface area contributed by atoms with Crippen LogP contribution in [0.25, 0.3) is 16.6 Å². The molecule has 176 valence electrons. The van der Waals surface area contributed by atoms with E-state index >= 15 is 0 Å². The maximum absolute atomic E-state index is 6.57. The van der Waals surface area contributed by atoms with Crippen molar-refractivity contribution in [2.24, 2.45) is 0 Å². The predicted molar refractivity (Wildman–Crippen MR) is 134 cm³/mol. The first-order valence-electron chi connectivity index (χ1n) is 12.0. The lowest BCUT2D eigenvalue weighted by molar-refractivity contribution is 0.122. The molecule has 4 aromatic rings. The first-order chi connectivity index (χ1) is 16.6. The van der Waals surface area contributed by atoms with E-state index in [4.69, 9.17) is 26.4 Å². The molecule has 3 aromatic heterocycles. The molecule has 0 spiro atoms. The zero-order valence-corrected chi connectivity index (χ0v) is 20.3. The number of aryl methyl sites for hydroxylation is 1. The average molecular weight is 478 g/mol. The van der Waals surface area contributed by atoms with Crippen molar-refractivity contribution in [3.8, 4) is 0 Å². The summed E-state index contributed by atoms with van der Waals surface area (Å²) in [6, 6.07) is 8.56. The van der Waals surface area contributed by atoms with E-state index in [1.54, 1.807) is 6.33 Å². The van der Waals surface area contributed by atoms with Gasteiger partial charge in [-0.05, 0) is 45.2 Å². The van der Waals surface area contributed by atoms with Gasteiger partial charge >= 0.3 is 0 Å². The highest BCUT2D eigenvalue weighted by molar-refractivity contribution is 6.30. The maximum atomic E-state index is 6.57. The van der Waals surface area contributed by atoms with E-state index in [2.05, 4.69) is 51.0 Å². The van der Waals surface area contributed by atoms with Gasteiger partial charge in [-0.25, -0.2) is 15.0 Å². The zero-order valence-electron chi connectivity index (χ0n) is 19.5. The maximum Gasteiger partial charge on any atom is 0.159 e. The Morgan fingerprint density at radius 3 is 2.74 bits per heavy atom. The second-order valence-corrected chi connectivity index (χ2v) is 9.57. The Morgan fingerprint density at radius 1 is 1.03 bits per heavy atom. The average Bonchev–Trinajstić information content (AvgIpc) is 3.28. The fourth-order valence-electron chi connectivity index (χ4n) is 5.25. The molecular weight excluding hydrogens is 450 g/mol. The van der Waals surface area contributed by atoms with E-state index in [1.165, 1.54) is 5.56 Å². The van der Waals surface area contributed by atoms with Gasteiger partial charge in [-0.1, -0.05) is 23.2 Å². The van der Waals surface area contributed by atoms with Crippen LogP contribution in [0.2, 0.25) is 5.15 Å². The minimum atomic E-state index is 0.116. The third-order valence-electron chi connectivity index (χ3n) is 6.96. The molecule has 0 bridgehead atoms. The number of fused-ring (bicyclic) bond motifs is 2. The number of rotatable bonds is 3. The highest BCUT2D eigenvalue weighted by Crippen LogP contribution is 2.38. The van der Waals surface area contributed by atoms with Crippen LogP contribution in [-0.2, 0) is 4.74 Å². The fraction of sp³-hybridized carbons (Fsp3) is 0.440. The molecule has 1 aromatic carbocycles. The van der Waals surface area contributed by atoms with Gasteiger partial charge in [-0.3, -0.25) is 0 Å². The quantitative estimate of drug-likeness (QED) is 0.402. The van der Waals surface area contributed by atoms with Crippen LogP contribution in [0, 0.1) is 13.8 Å². The molecule has 8 nitrogen and oxygen atoms in total. The van der Waals surface area contributed by atoms with E-state index in [0.29, 0.717) is 18.4 Å². The van der Waals surface area contributed by atoms with Gasteiger partial charge in [0.1, 0.15) is 23.1 Å². The molecule has 2 fully saturated rings. The lowest BCUT2D eigenvalue weighted by Crippen LogP contribution is -2.38. The van der Waals surface area contributed by atoms with Crippen molar-refractivity contribution in [1.29, 1.82) is 0 Å². The van der Waals surface area contributed by atoms with E-state index < -0.39 is 0 Å². The molecule has 1 unspecified atom stereocenters. The van der Waals surface area contributed by atoms with Crippen LogP contribution in [0.1, 0.15) is 42.1 Å². The number of ether oxygens (including phenoxy) is 1. The lowest BCUT2D eigenvalue weighted by Gasteiger charge is -2.36. The minimum absolute atomic E-state index is 0.116. The standard InChI is InChI=1S/C25H28ClN7O/c1-16-6-7-19-18(13-16)24(28-15-27-19)32-8-4-3-5-21(32)20-14-22-29-23(26)17(2)25(33(22)30-20)31-9-11-34-12-10-31/h6-7,13-15,21H,3-5,8-12H2,1-2H3. The van der Waals surface area contributed by atoms with Gasteiger partial charge in [0.05, 0.1) is 30.5 Å². The normalized spacial score (nSPS) is 19.3. The van der Waals surface area contributed by atoms with Crippen LogP contribution in [0.5, 0.6) is 0 Å². The van der Waals surface area contributed by atoms with Crippen LogP contribution in [0.3, 0.4) is 0 Å². The van der Waals surface area contributed by atoms with Crippen LogP contribution >= 0.6 is 11.6 Å². The molecule has 0 radical (unpaired) electrons. The molecular formula is C25H28ClN7O. The van der Waals surface area contributed by atoms with Crippen molar-refractivity contribution in [1.82, 2.24) is 24.6 Å². The fourth-order valence-corrected chi connectivity index (χ4v) is 5.42. The number of halogens is 1. The van der Waals surface area contributed by atoms with Crippen LogP contribution in [0.15, 0.2) is 30.6 Å². The van der Waals surface area contributed by atoms with Crippen molar-refractivity contribution < 1.29 is 4.74 Å². The molecule has 0 amide bonds. The number of piperidine rings is 1. The van der Waals surface area contributed by atoms with Gasteiger partial charge < -0.3 is 14.5 Å². The van der Waals surface area contributed by atoms with Crippen LogP contribution in [-0.4, -0.2) is 57.4 Å². The number of hydrogen-bond donors (Lipinski definition) is 0. The summed E-state index contributed by atoms with van der Waals surface area (Å²) < 4.78 is 7.54. The van der Waals surface area contributed by atoms with Gasteiger partial charge in [-0.2, -0.15) is 9.61 Å². The summed E-state index contributed by atoms with van der Waals surface area (Å²) in [5, 5.41) is 6.73. The zero-order chi connectivity index (χ0) is 23.2. The summed E-state index contributed by atoms with van der Waals surface area (Å²) in [5.74, 6) is 1.99. The van der Waals surface area contributed by atoms with Crippen LogP contribution in [0.4, 0.5) is 11.6 Å². The molecule has 34 heavy (non-hydrogen) atoms. The summed E-state index contributed by atoms with van der Waals surface area (Å²) >= 11 is 6.57. The van der Waals surface area contributed by atoms with E-state index in [9.17, 15) is 0 Å². The first kappa shape index (κ1) is 21.6. The van der Waals surface area contributed by atoms with Gasteiger partial charge in [0.2, 0.25) is 0 Å². The monoisotopic (exact) mass is 477 g/mol. The van der Waals surface area contributed by atoms with Gasteiger partial charge in [0.25, 0.3) is 0 Å². The SMILES string of the molecule is Cc1ccc2ncnc(N3CCCCC3c3cc4nc(Cl)c(C)c(N5CCOCC5)n4n3)c2c1. The van der Waals surface area contributed by atoms with Crippen molar-refractivity contribution in [2.75, 3.05) is 42.6 Å². The van der Waals surface area contributed by atoms with Gasteiger partial charge in [0, 0.05) is 36.7 Å². The number of hydrogen-bond acceptors (Lipinski definition) is 7. The lowest BCUT2D eigenvalue weighted by atomic mass is 9.98. The third kappa shape index (κ3) is 3.65. The second kappa shape index (κ2) is 8.67. The molecule has 2 aliphatic heterocycles. The molecule has 5 heterocycles. The number of morpholine rings is 1. The van der Waals surface area contributed by atoms with E-state index in [1.807, 2.05) is 11.4 Å². The highest BCUT2D eigenvalue weighted by atomic mass is 35.5. The molecule has 0 aliphatic carbocycles. The molecule has 9 heteroatoms. The Hall–Kier alpha value is -2.97. The highest BCUT2D eigenvalue weighted by Gasteiger charge is 2.30. The van der Waals surface area contributed by atoms with Crippen molar-refractivity contribution in [3.05, 3.63) is 52.6 Å². The van der Waals surface area contributed by atoms with Gasteiger partial charge in [0.15, 0.2) is 5.65 Å². The largest absolute Gasteiger partial charge is 0.378 e. The Morgan fingerprint density at radius 2 is 1.88 bits per heavy atom. The third-order valence-corrected chi connectivity index (χ3v) is 7.33. The topological polar surface area (TPSA) is 71.7 Å². The van der Waals surface area contributed by atoms with E-state index in [0.717, 1.165) is 78.3 Å². The van der Waals surface area contributed by atoms with Crippen LogP contribution < -0.4 is 9.80 Å². The Labute approximate surface area is 203 Å². The molecule has 2 aliphatic rings. The summed E-state index contributed by atoms with van der Waals surface area (Å²) in [5.41, 5.74) is 4.90. The molecule has 0 N–H and O–H groups in total. The number of aromatic nitrogens is 5. The van der Waals surface area contributed by atoms with Gasteiger partial charge in [-0.15, -0.1) is 0 Å². The van der Waals surface area contributed by atoms with Crippen molar-refractivity contribution in [2.45, 2.75) is 39.2 Å². The minimum Gasteiger partial charge on any atom is -0.378 e. The summed E-state index contributed by atoms with van der Waals surface area (Å²) in [6.07, 6.45) is 4.97. The molecule has 2 saturated heterocycles. The van der Waals surface area contributed by atoms with E-state index in [-0.39, 0.29) is 6.04 Å². The molecule has 0 saturated carbocycles. The Bertz CT molecular complexity index is 1360. The Balaban J connectivity index is 1.46. The summed E-state index contributed by atoms with van der Waals surface area (Å²) in [4.78, 5) is 18.6. The number of benzene rings is 1. The predicted octanol–water partition coefficient (Wildman–Crippen LogP) is 4.51. The van der Waals surface area contributed by atoms with Crippen molar-refractivity contribution in [3.63, 3.8) is 0 Å². The summed E-state index contributed by atoms with van der Waals surface area (Å²) in [7, 11) is 0. The number of nitrogens with zero attached hydrogens (tertiary/aromatic N) is 7. The van der Waals surface area contributed by atoms with Crippen molar-refractivity contribution >= 4 is 39.8 Å². The second-order valence-electron chi connectivity index (χ2n) is 9.21. The molecule has 1 atom stereocenters.